The van der Waals surface area contributed by atoms with Crippen molar-refractivity contribution in [1.82, 2.24) is 10.6 Å². The molecule has 0 aliphatic heterocycles. The predicted octanol–water partition coefficient (Wildman–Crippen LogP) is -0.624. The Balaban J connectivity index is 0. The number of nitriles is 2. The number of carbonyl (C=O) groups excluding carboxylic acids is 1. The number of isocyanates is 1. The predicted molar refractivity (Wildman–Crippen MR) is 52.9 cm³/mol. The number of nitrogens with zero attached hydrogens (tertiary/aromatic N) is 3. The van der Waals surface area contributed by atoms with Crippen molar-refractivity contribution in [3.63, 3.8) is 0 Å². The lowest BCUT2D eigenvalue weighted by Gasteiger charge is -2.00. The van der Waals surface area contributed by atoms with Gasteiger partial charge in [0.05, 0.1) is 0 Å². The molecule has 0 aliphatic carbocycles. The number of hydrogen-bond donors (Lipinski definition) is 2. The van der Waals surface area contributed by atoms with E-state index in [1.807, 2.05) is 6.92 Å². The highest BCUT2D eigenvalue weighted by molar-refractivity contribution is 5.32. The smallest absolute Gasteiger partial charge is 0.288 e. The molecule has 0 aromatic heterocycles. The molecule has 88 valence electrons. The molecule has 0 fully saturated rings. The Bertz CT molecular complexity index is 264. The van der Waals surface area contributed by atoms with Crippen LogP contribution in [0.4, 0.5) is 0 Å². The third-order valence-electron chi connectivity index (χ3n) is 0.997. The largest absolute Gasteiger partial charge is 0.412 e. The highest BCUT2D eigenvalue weighted by Gasteiger charge is 1.80. The van der Waals surface area contributed by atoms with Crippen molar-refractivity contribution >= 4 is 6.08 Å². The van der Waals surface area contributed by atoms with E-state index >= 15 is 0 Å². The fraction of sp³-hybridized carbons (Fsp3) is 0.625. The third-order valence-corrected chi connectivity index (χ3v) is 0.997. The van der Waals surface area contributed by atoms with Crippen molar-refractivity contribution in [2.24, 2.45) is 4.99 Å². The monoisotopic (exact) mass is 227 g/mol. The van der Waals surface area contributed by atoms with Crippen molar-refractivity contribution in [2.45, 2.75) is 6.92 Å². The maximum absolute atomic E-state index is 9.20. The first kappa shape index (κ1) is 16.3. The molecule has 0 saturated heterocycles. The van der Waals surface area contributed by atoms with Crippen molar-refractivity contribution in [1.29, 1.82) is 10.5 Å². The summed E-state index contributed by atoms with van der Waals surface area (Å²) in [6.07, 6.45) is 4.09. The molecule has 0 rings (SSSR count). The molecular weight excluding hydrogens is 214 g/mol. The van der Waals surface area contributed by atoms with Crippen molar-refractivity contribution in [3.05, 3.63) is 0 Å². The van der Waals surface area contributed by atoms with Gasteiger partial charge in [0.1, 0.15) is 0 Å². The molecule has 0 heterocycles. The van der Waals surface area contributed by atoms with Gasteiger partial charge in [-0.1, -0.05) is 6.92 Å². The summed E-state index contributed by atoms with van der Waals surface area (Å²) in [7, 11) is 0. The summed E-state index contributed by atoms with van der Waals surface area (Å²) < 4.78 is 8.28. The van der Waals surface area contributed by atoms with E-state index in [2.05, 4.69) is 25.1 Å². The van der Waals surface area contributed by atoms with E-state index in [0.29, 0.717) is 6.67 Å². The third kappa shape index (κ3) is 22.6. The fourth-order valence-electron chi connectivity index (χ4n) is 0.435. The average molecular weight is 227 g/mol. The maximum Gasteiger partial charge on any atom is 0.288 e. The molecule has 16 heavy (non-hydrogen) atoms. The zero-order valence-corrected chi connectivity index (χ0v) is 8.89. The molecule has 2 N–H and O–H groups in total. The Morgan fingerprint density at radius 2 is 1.94 bits per heavy atom. The second kappa shape index (κ2) is 18.6. The van der Waals surface area contributed by atoms with Crippen LogP contribution in [-0.4, -0.2) is 32.8 Å². The van der Waals surface area contributed by atoms with Crippen LogP contribution in [0.5, 0.6) is 0 Å². The lowest BCUT2D eigenvalue weighted by molar-refractivity contribution is 0.237. The Morgan fingerprint density at radius 3 is 2.44 bits per heavy atom. The van der Waals surface area contributed by atoms with Gasteiger partial charge in [-0.3, -0.25) is 5.32 Å². The minimum Gasteiger partial charge on any atom is -0.412 e. The van der Waals surface area contributed by atoms with E-state index in [1.54, 1.807) is 6.26 Å². The van der Waals surface area contributed by atoms with Crippen LogP contribution in [0.1, 0.15) is 6.92 Å². The highest BCUT2D eigenvalue weighted by atomic mass is 16.5. The maximum atomic E-state index is 9.20. The molecule has 0 bridgehead atoms. The second-order valence-corrected chi connectivity index (χ2v) is 2.02. The fourth-order valence-corrected chi connectivity index (χ4v) is 0.435. The number of rotatable bonds is 7. The SMILES string of the molecule is CCNCNCOC#N.N#COCN=C=O. The van der Waals surface area contributed by atoms with Crippen LogP contribution in [0.15, 0.2) is 4.99 Å². The van der Waals surface area contributed by atoms with E-state index < -0.39 is 0 Å². The molecule has 8 heteroatoms. The molecule has 0 aromatic carbocycles. The quantitative estimate of drug-likeness (QED) is 0.195. The lowest BCUT2D eigenvalue weighted by Crippen LogP contribution is -2.29. The summed E-state index contributed by atoms with van der Waals surface area (Å²) in [5.41, 5.74) is 0. The molecule has 0 saturated carbocycles. The molecule has 0 atom stereocenters. The molecule has 0 unspecified atom stereocenters. The second-order valence-electron chi connectivity index (χ2n) is 2.02. The van der Waals surface area contributed by atoms with E-state index in [9.17, 15) is 4.79 Å². The molecule has 0 aromatic rings. The molecule has 0 radical (unpaired) electrons. The van der Waals surface area contributed by atoms with Gasteiger partial charge in [0.15, 0.2) is 6.73 Å². The topological polar surface area (TPSA) is 120 Å². The molecule has 0 aliphatic rings. The van der Waals surface area contributed by atoms with Crippen molar-refractivity contribution in [2.75, 3.05) is 26.7 Å². The normalized spacial score (nSPS) is 7.19. The molecular formula is C8H13N5O3. The number of aliphatic imine (C=N–C) groups is 1. The van der Waals surface area contributed by atoms with Crippen LogP contribution in [0.2, 0.25) is 0 Å². The van der Waals surface area contributed by atoms with Gasteiger partial charge in [0.2, 0.25) is 12.8 Å². The van der Waals surface area contributed by atoms with Gasteiger partial charge in [-0.15, -0.1) is 0 Å². The van der Waals surface area contributed by atoms with Gasteiger partial charge in [-0.05, 0) is 6.54 Å². The minimum absolute atomic E-state index is 0.222. The Kier molecular flexibility index (Phi) is 19.0. The number of hydrogen-bond acceptors (Lipinski definition) is 8. The van der Waals surface area contributed by atoms with Gasteiger partial charge in [-0.2, -0.15) is 15.5 Å². The number of ether oxygens (including phenoxy) is 2. The molecule has 8 nitrogen and oxygen atoms in total. The van der Waals surface area contributed by atoms with E-state index in [-0.39, 0.29) is 13.5 Å². The summed E-state index contributed by atoms with van der Waals surface area (Å²) in [6.45, 7) is 3.66. The lowest BCUT2D eigenvalue weighted by atomic mass is 10.7. The van der Waals surface area contributed by atoms with Gasteiger partial charge < -0.3 is 14.8 Å². The summed E-state index contributed by atoms with van der Waals surface area (Å²) in [5, 5.41) is 21.4. The van der Waals surface area contributed by atoms with E-state index in [4.69, 9.17) is 10.5 Å². The first-order chi connectivity index (χ1) is 7.83. The zero-order chi connectivity index (χ0) is 12.5. The Hall–Kier alpha value is -2.12. The van der Waals surface area contributed by atoms with E-state index in [1.165, 1.54) is 12.3 Å². The van der Waals surface area contributed by atoms with Crippen LogP contribution < -0.4 is 10.6 Å². The highest BCUT2D eigenvalue weighted by Crippen LogP contribution is 1.65. The molecule has 0 amide bonds. The van der Waals surface area contributed by atoms with Crippen LogP contribution >= 0.6 is 0 Å². The first-order valence-electron chi connectivity index (χ1n) is 4.30. The minimum atomic E-state index is -0.222. The summed E-state index contributed by atoms with van der Waals surface area (Å²) in [4.78, 5) is 12.1. The van der Waals surface area contributed by atoms with Crippen LogP contribution in [-0.2, 0) is 14.3 Å². The van der Waals surface area contributed by atoms with Gasteiger partial charge in [-0.25, -0.2) is 4.79 Å². The van der Waals surface area contributed by atoms with Crippen molar-refractivity contribution < 1.29 is 14.3 Å². The van der Waals surface area contributed by atoms with Crippen LogP contribution in [0, 0.1) is 23.0 Å². The summed E-state index contributed by atoms with van der Waals surface area (Å²) in [6, 6.07) is 0. The van der Waals surface area contributed by atoms with Gasteiger partial charge in [0.25, 0.3) is 12.5 Å². The van der Waals surface area contributed by atoms with E-state index in [0.717, 1.165) is 6.54 Å². The van der Waals surface area contributed by atoms with Crippen LogP contribution in [0.3, 0.4) is 0 Å². The Labute approximate surface area is 93.5 Å². The molecule has 0 spiro atoms. The standard InChI is InChI=1S/C5H11N3O.C3H2N2O2/c1-2-7-4-8-5-9-3-6;4-1-7-3-5-2-6/h7-8H,2,4-5H2,1H3;3H2. The Morgan fingerprint density at radius 1 is 1.25 bits per heavy atom. The zero-order valence-electron chi connectivity index (χ0n) is 8.89. The van der Waals surface area contributed by atoms with Gasteiger partial charge >= 0.3 is 0 Å². The van der Waals surface area contributed by atoms with Gasteiger partial charge in [0, 0.05) is 6.67 Å². The van der Waals surface area contributed by atoms with Crippen molar-refractivity contribution in [3.8, 4) is 12.5 Å². The average Bonchev–Trinajstić information content (AvgIpc) is 2.31. The summed E-state index contributed by atoms with van der Waals surface area (Å²) >= 11 is 0. The number of nitrogens with one attached hydrogen (secondary N) is 2. The van der Waals surface area contributed by atoms with Crippen LogP contribution in [0.25, 0.3) is 0 Å². The first-order valence-corrected chi connectivity index (χ1v) is 4.30. The summed E-state index contributed by atoms with van der Waals surface area (Å²) in [5.74, 6) is 0.